The SMILES string of the molecule is CCOC(Cc1ccc(CO[Si](C)(C)C(C)(C)C)cc1)C(=O)OCC(Cl)(Cl)Cl. The van der Waals surface area contributed by atoms with Crippen molar-refractivity contribution in [2.75, 3.05) is 13.2 Å². The Morgan fingerprint density at radius 2 is 1.61 bits per heavy atom. The van der Waals surface area contributed by atoms with Crippen LogP contribution in [0.2, 0.25) is 18.1 Å². The second kappa shape index (κ2) is 10.6. The minimum Gasteiger partial charge on any atom is -0.459 e. The summed E-state index contributed by atoms with van der Waals surface area (Å²) in [4.78, 5) is 12.2. The van der Waals surface area contributed by atoms with Gasteiger partial charge in [-0.25, -0.2) is 4.79 Å². The van der Waals surface area contributed by atoms with E-state index in [2.05, 4.69) is 33.9 Å². The van der Waals surface area contributed by atoms with E-state index in [1.54, 1.807) is 0 Å². The fraction of sp³-hybridized carbons (Fsp3) is 0.650. The van der Waals surface area contributed by atoms with Crippen LogP contribution in [0.3, 0.4) is 0 Å². The standard InChI is InChI=1S/C20H31Cl3O4Si/c1-7-25-17(18(24)26-14-20(21,22)23)12-15-8-10-16(11-9-15)13-27-28(5,6)19(2,3)4/h8-11,17H,7,12-14H2,1-6H3. The molecule has 0 saturated heterocycles. The molecule has 1 rings (SSSR count). The molecule has 0 amide bonds. The van der Waals surface area contributed by atoms with Gasteiger partial charge in [0.2, 0.25) is 3.79 Å². The van der Waals surface area contributed by atoms with E-state index in [0.717, 1.165) is 11.1 Å². The van der Waals surface area contributed by atoms with Crippen LogP contribution in [-0.4, -0.2) is 37.4 Å². The van der Waals surface area contributed by atoms with Crippen molar-refractivity contribution in [2.24, 2.45) is 0 Å². The van der Waals surface area contributed by atoms with Crippen molar-refractivity contribution in [1.82, 2.24) is 0 Å². The summed E-state index contributed by atoms with van der Waals surface area (Å²) >= 11 is 16.9. The van der Waals surface area contributed by atoms with Gasteiger partial charge in [-0.1, -0.05) is 79.8 Å². The van der Waals surface area contributed by atoms with Gasteiger partial charge in [0.1, 0.15) is 6.61 Å². The molecule has 0 heterocycles. The van der Waals surface area contributed by atoms with E-state index in [9.17, 15) is 4.79 Å². The summed E-state index contributed by atoms with van der Waals surface area (Å²) in [5.41, 5.74) is 2.06. The molecule has 160 valence electrons. The summed E-state index contributed by atoms with van der Waals surface area (Å²) in [6, 6.07) is 7.97. The fourth-order valence-electron chi connectivity index (χ4n) is 2.12. The lowest BCUT2D eigenvalue weighted by molar-refractivity contribution is -0.156. The average Bonchev–Trinajstić information content (AvgIpc) is 2.57. The quantitative estimate of drug-likeness (QED) is 0.250. The monoisotopic (exact) mass is 468 g/mol. The Morgan fingerprint density at radius 3 is 2.07 bits per heavy atom. The van der Waals surface area contributed by atoms with E-state index in [-0.39, 0.29) is 11.6 Å². The Morgan fingerprint density at radius 1 is 1.07 bits per heavy atom. The lowest BCUT2D eigenvalue weighted by atomic mass is 10.1. The number of rotatable bonds is 9. The van der Waals surface area contributed by atoms with Gasteiger partial charge in [0.15, 0.2) is 14.4 Å². The van der Waals surface area contributed by atoms with Gasteiger partial charge in [0.05, 0.1) is 6.61 Å². The Bertz CT molecular complexity index is 622. The smallest absolute Gasteiger partial charge is 0.335 e. The van der Waals surface area contributed by atoms with Crippen molar-refractivity contribution in [3.63, 3.8) is 0 Å². The maximum atomic E-state index is 12.2. The third kappa shape index (κ3) is 9.01. The zero-order chi connectivity index (χ0) is 21.6. The predicted molar refractivity (Wildman–Crippen MR) is 119 cm³/mol. The van der Waals surface area contributed by atoms with Crippen LogP contribution in [-0.2, 0) is 31.7 Å². The molecule has 1 aromatic rings. The van der Waals surface area contributed by atoms with Crippen LogP contribution in [0.15, 0.2) is 24.3 Å². The summed E-state index contributed by atoms with van der Waals surface area (Å²) in [6.45, 7) is 13.6. The largest absolute Gasteiger partial charge is 0.459 e. The number of esters is 1. The van der Waals surface area contributed by atoms with Crippen molar-refractivity contribution < 1.29 is 18.7 Å². The van der Waals surface area contributed by atoms with Crippen LogP contribution in [0.5, 0.6) is 0 Å². The predicted octanol–water partition coefficient (Wildman–Crippen LogP) is 6.07. The zero-order valence-electron chi connectivity index (χ0n) is 17.5. The number of ether oxygens (including phenoxy) is 2. The first-order valence-electron chi connectivity index (χ1n) is 9.32. The summed E-state index contributed by atoms with van der Waals surface area (Å²) in [7, 11) is -1.79. The Balaban J connectivity index is 2.69. The fourth-order valence-corrected chi connectivity index (χ4v) is 3.25. The lowest BCUT2D eigenvalue weighted by Crippen LogP contribution is -2.40. The number of carbonyl (C=O) groups is 1. The number of benzene rings is 1. The molecule has 0 spiro atoms. The highest BCUT2D eigenvalue weighted by molar-refractivity contribution is 6.74. The molecule has 0 aromatic heterocycles. The van der Waals surface area contributed by atoms with E-state index in [1.165, 1.54) is 0 Å². The second-order valence-electron chi connectivity index (χ2n) is 8.24. The van der Waals surface area contributed by atoms with E-state index in [4.69, 9.17) is 48.7 Å². The van der Waals surface area contributed by atoms with Crippen LogP contribution in [0.25, 0.3) is 0 Å². The summed E-state index contributed by atoms with van der Waals surface area (Å²) in [5, 5.41) is 0.171. The molecule has 28 heavy (non-hydrogen) atoms. The molecule has 0 aliphatic rings. The number of hydrogen-bond donors (Lipinski definition) is 0. The molecule has 1 unspecified atom stereocenters. The first kappa shape index (κ1) is 25.7. The van der Waals surface area contributed by atoms with E-state index < -0.39 is 24.2 Å². The van der Waals surface area contributed by atoms with Gasteiger partial charge in [-0.3, -0.25) is 0 Å². The van der Waals surface area contributed by atoms with Gasteiger partial charge < -0.3 is 13.9 Å². The average molecular weight is 470 g/mol. The highest BCUT2D eigenvalue weighted by atomic mass is 35.6. The molecule has 1 aromatic carbocycles. The van der Waals surface area contributed by atoms with Crippen LogP contribution in [0.4, 0.5) is 0 Å². The first-order chi connectivity index (χ1) is 12.7. The number of carbonyl (C=O) groups excluding carboxylic acids is 1. The molecule has 4 nitrogen and oxygen atoms in total. The van der Waals surface area contributed by atoms with Crippen LogP contribution >= 0.6 is 34.8 Å². The van der Waals surface area contributed by atoms with Gasteiger partial charge in [-0.05, 0) is 36.2 Å². The Hall–Kier alpha value is -0.303. The number of hydrogen-bond acceptors (Lipinski definition) is 4. The maximum absolute atomic E-state index is 12.2. The molecule has 0 aliphatic carbocycles. The molecule has 0 aliphatic heterocycles. The van der Waals surface area contributed by atoms with Crippen LogP contribution < -0.4 is 0 Å². The molecule has 1 atom stereocenters. The van der Waals surface area contributed by atoms with Crippen molar-refractivity contribution in [3.05, 3.63) is 35.4 Å². The molecule has 8 heteroatoms. The van der Waals surface area contributed by atoms with Gasteiger partial charge in [-0.15, -0.1) is 0 Å². The highest BCUT2D eigenvalue weighted by Gasteiger charge is 2.37. The van der Waals surface area contributed by atoms with Crippen molar-refractivity contribution in [3.8, 4) is 0 Å². The molecule has 0 radical (unpaired) electrons. The minimum atomic E-state index is -1.79. The van der Waals surface area contributed by atoms with Gasteiger partial charge >= 0.3 is 5.97 Å². The topological polar surface area (TPSA) is 44.8 Å². The normalized spacial score (nSPS) is 14.0. The third-order valence-corrected chi connectivity index (χ3v) is 9.66. The zero-order valence-corrected chi connectivity index (χ0v) is 20.7. The Labute approximate surface area is 184 Å². The first-order valence-corrected chi connectivity index (χ1v) is 13.4. The minimum absolute atomic E-state index is 0.171. The maximum Gasteiger partial charge on any atom is 0.335 e. The van der Waals surface area contributed by atoms with Crippen molar-refractivity contribution in [1.29, 1.82) is 0 Å². The summed E-state index contributed by atoms with van der Waals surface area (Å²) in [6.07, 6.45) is -0.359. The van der Waals surface area contributed by atoms with Gasteiger partial charge in [0.25, 0.3) is 0 Å². The van der Waals surface area contributed by atoms with Gasteiger partial charge in [-0.2, -0.15) is 0 Å². The van der Waals surface area contributed by atoms with Crippen LogP contribution in [0, 0.1) is 0 Å². The Kier molecular flexibility index (Phi) is 9.78. The lowest BCUT2D eigenvalue weighted by Gasteiger charge is -2.36. The van der Waals surface area contributed by atoms with E-state index >= 15 is 0 Å². The van der Waals surface area contributed by atoms with Crippen molar-refractivity contribution >= 4 is 49.1 Å². The van der Waals surface area contributed by atoms with Crippen LogP contribution in [0.1, 0.15) is 38.8 Å². The third-order valence-electron chi connectivity index (χ3n) is 4.86. The summed E-state index contributed by atoms with van der Waals surface area (Å²) < 4.78 is 15.2. The molecule has 0 fully saturated rings. The van der Waals surface area contributed by atoms with E-state index in [0.29, 0.717) is 19.6 Å². The number of alkyl halides is 3. The molecular weight excluding hydrogens is 439 g/mol. The second-order valence-corrected chi connectivity index (χ2v) is 15.6. The van der Waals surface area contributed by atoms with Crippen molar-refractivity contribution in [2.45, 2.75) is 68.8 Å². The summed E-state index contributed by atoms with van der Waals surface area (Å²) in [5.74, 6) is -0.543. The number of halogens is 3. The van der Waals surface area contributed by atoms with E-state index in [1.807, 2.05) is 31.2 Å². The van der Waals surface area contributed by atoms with Gasteiger partial charge in [0, 0.05) is 13.0 Å². The molecule has 0 saturated carbocycles. The molecule has 0 bridgehead atoms. The highest BCUT2D eigenvalue weighted by Crippen LogP contribution is 2.37. The molecule has 0 N–H and O–H groups in total. The molecular formula is C20H31Cl3O4Si.